The molecule has 9 nitrogen and oxygen atoms in total. The van der Waals surface area contributed by atoms with Gasteiger partial charge in [-0.3, -0.25) is 14.3 Å². The number of rotatable bonds is 6. The number of aromatic nitrogens is 2. The summed E-state index contributed by atoms with van der Waals surface area (Å²) in [6.45, 7) is -0.438. The lowest BCUT2D eigenvalue weighted by Crippen LogP contribution is -2.39. The molecule has 0 aliphatic carbocycles. The van der Waals surface area contributed by atoms with Crippen LogP contribution in [-0.2, 0) is 14.2 Å². The summed E-state index contributed by atoms with van der Waals surface area (Å²) >= 11 is 1.69. The molecule has 4 rings (SSSR count). The molecule has 2 heterocycles. The zero-order valence-corrected chi connectivity index (χ0v) is 19.6. The molecule has 2 aromatic carbocycles. The van der Waals surface area contributed by atoms with Gasteiger partial charge in [-0.25, -0.2) is 18.8 Å². The van der Waals surface area contributed by atoms with Crippen molar-refractivity contribution in [2.24, 2.45) is 0 Å². The fourth-order valence-corrected chi connectivity index (χ4v) is 3.86. The summed E-state index contributed by atoms with van der Waals surface area (Å²) in [4.78, 5) is 51.0. The Morgan fingerprint density at radius 2 is 1.59 bits per heavy atom. The average molecular weight is 580 g/mol. The van der Waals surface area contributed by atoms with E-state index in [1.165, 1.54) is 12.1 Å². The van der Waals surface area contributed by atoms with Crippen LogP contribution in [0.25, 0.3) is 0 Å². The Labute approximate surface area is 205 Å². The van der Waals surface area contributed by atoms with Gasteiger partial charge in [-0.05, 0) is 46.9 Å². The molecule has 34 heavy (non-hydrogen) atoms. The Morgan fingerprint density at radius 3 is 2.21 bits per heavy atom. The van der Waals surface area contributed by atoms with E-state index in [1.807, 2.05) is 0 Å². The van der Waals surface area contributed by atoms with E-state index in [1.54, 1.807) is 71.1 Å². The molecule has 0 spiro atoms. The first-order valence-corrected chi connectivity index (χ1v) is 11.2. The van der Waals surface area contributed by atoms with Crippen molar-refractivity contribution in [1.82, 2.24) is 9.55 Å². The second kappa shape index (κ2) is 10.3. The minimum atomic E-state index is -1.99. The number of nitrogens with one attached hydrogen (secondary N) is 1. The zero-order valence-electron chi connectivity index (χ0n) is 17.4. The first kappa shape index (κ1) is 23.8. The molecule has 1 unspecified atom stereocenters. The van der Waals surface area contributed by atoms with Crippen LogP contribution in [0.1, 0.15) is 26.9 Å². The highest BCUT2D eigenvalue weighted by Crippen LogP contribution is 2.34. The average Bonchev–Trinajstić information content (AvgIpc) is 3.15. The molecular weight excluding hydrogens is 562 g/mol. The molecule has 1 aromatic heterocycles. The molecule has 1 aliphatic rings. The Morgan fingerprint density at radius 1 is 1.00 bits per heavy atom. The lowest BCUT2D eigenvalue weighted by atomic mass is 10.1. The van der Waals surface area contributed by atoms with Crippen LogP contribution in [0.4, 0.5) is 4.39 Å². The van der Waals surface area contributed by atoms with E-state index in [0.717, 1.165) is 10.8 Å². The van der Waals surface area contributed by atoms with Gasteiger partial charge in [0.25, 0.3) is 5.56 Å². The van der Waals surface area contributed by atoms with E-state index in [2.05, 4.69) is 4.98 Å². The van der Waals surface area contributed by atoms with Crippen molar-refractivity contribution in [3.8, 4) is 0 Å². The van der Waals surface area contributed by atoms with Crippen molar-refractivity contribution >= 4 is 34.5 Å². The van der Waals surface area contributed by atoms with E-state index < -0.39 is 54.4 Å². The minimum absolute atomic E-state index is 0.129. The molecule has 0 saturated carbocycles. The summed E-state index contributed by atoms with van der Waals surface area (Å²) in [5, 5.41) is 0. The highest BCUT2D eigenvalue weighted by atomic mass is 127. The van der Waals surface area contributed by atoms with Crippen LogP contribution in [-0.4, -0.2) is 46.5 Å². The van der Waals surface area contributed by atoms with Crippen LogP contribution in [0.2, 0.25) is 0 Å². The number of aromatic amines is 1. The molecule has 1 N–H and O–H groups in total. The quantitative estimate of drug-likeness (QED) is 0.352. The molecule has 4 atom stereocenters. The number of alkyl halides is 1. The van der Waals surface area contributed by atoms with Crippen molar-refractivity contribution in [1.29, 1.82) is 0 Å². The standard InChI is InChI=1S/C23H18FIN2O7/c24-17-18(34-22(30)14-9-5-2-6-10-14)16(12-32-21(29)13-7-3-1-4-8-13)33-20(17)27-11-15(25)19(28)26-23(27)31/h1-11,16-18,20H,12H2,(H,26,28,31)/t16-,17-,18?,20-/m1/s1. The van der Waals surface area contributed by atoms with Crippen LogP contribution in [0.3, 0.4) is 0 Å². The lowest BCUT2D eigenvalue weighted by Gasteiger charge is -2.19. The maximum Gasteiger partial charge on any atom is 0.338 e. The molecule has 1 fully saturated rings. The third-order valence-corrected chi connectivity index (χ3v) is 5.87. The summed E-state index contributed by atoms with van der Waals surface area (Å²) in [5.41, 5.74) is -1.06. The van der Waals surface area contributed by atoms with E-state index in [-0.39, 0.29) is 14.7 Å². The van der Waals surface area contributed by atoms with Crippen molar-refractivity contribution in [3.63, 3.8) is 0 Å². The smallest absolute Gasteiger partial charge is 0.338 e. The van der Waals surface area contributed by atoms with Crippen LogP contribution in [0.15, 0.2) is 76.4 Å². The van der Waals surface area contributed by atoms with Crippen LogP contribution in [0.5, 0.6) is 0 Å². The summed E-state index contributed by atoms with van der Waals surface area (Å²) in [7, 11) is 0. The number of carbonyl (C=O) groups is 2. The fraction of sp³-hybridized carbons (Fsp3) is 0.217. The van der Waals surface area contributed by atoms with Crippen LogP contribution >= 0.6 is 22.6 Å². The maximum absolute atomic E-state index is 15.5. The first-order valence-electron chi connectivity index (χ1n) is 10.1. The van der Waals surface area contributed by atoms with Crippen molar-refractivity contribution in [3.05, 3.63) is 102 Å². The zero-order chi connectivity index (χ0) is 24.2. The number of benzene rings is 2. The predicted molar refractivity (Wildman–Crippen MR) is 125 cm³/mol. The Bertz CT molecular complexity index is 1300. The molecule has 176 valence electrons. The van der Waals surface area contributed by atoms with Crippen LogP contribution < -0.4 is 11.2 Å². The number of ether oxygens (including phenoxy) is 3. The third-order valence-electron chi connectivity index (χ3n) is 5.11. The maximum atomic E-state index is 15.5. The van der Waals surface area contributed by atoms with Gasteiger partial charge in [0.2, 0.25) is 0 Å². The Hall–Kier alpha value is -3.32. The second-order valence-corrected chi connectivity index (χ2v) is 8.52. The summed E-state index contributed by atoms with van der Waals surface area (Å²) in [5.74, 6) is -1.48. The van der Waals surface area contributed by atoms with Gasteiger partial charge in [0, 0.05) is 6.20 Å². The number of carbonyl (C=O) groups excluding carboxylic acids is 2. The van der Waals surface area contributed by atoms with Gasteiger partial charge in [-0.15, -0.1) is 0 Å². The van der Waals surface area contributed by atoms with Gasteiger partial charge in [-0.1, -0.05) is 36.4 Å². The van der Waals surface area contributed by atoms with Gasteiger partial charge in [0.05, 0.1) is 14.7 Å². The number of esters is 2. The van der Waals surface area contributed by atoms with Gasteiger partial charge in [0.15, 0.2) is 18.5 Å². The third kappa shape index (κ3) is 5.09. The number of hydrogen-bond acceptors (Lipinski definition) is 7. The molecule has 0 bridgehead atoms. The predicted octanol–water partition coefficient (Wildman–Crippen LogP) is 2.46. The van der Waals surface area contributed by atoms with E-state index in [0.29, 0.717) is 0 Å². The van der Waals surface area contributed by atoms with Crippen molar-refractivity contribution in [2.45, 2.75) is 24.6 Å². The molecular formula is C23H18FIN2O7. The van der Waals surface area contributed by atoms with Crippen LogP contribution in [0, 0.1) is 3.57 Å². The number of hydrogen-bond donors (Lipinski definition) is 1. The molecule has 0 amide bonds. The SMILES string of the molecule is O=C(OC[C@H]1O[C@@H](n2cc(I)c(=O)[nH]c2=O)[C@H](F)C1OC(=O)c1ccccc1)c1ccccc1. The first-order chi connectivity index (χ1) is 16.3. The lowest BCUT2D eigenvalue weighted by molar-refractivity contribution is -0.0592. The second-order valence-electron chi connectivity index (χ2n) is 7.35. The number of halogens is 2. The van der Waals surface area contributed by atoms with E-state index in [4.69, 9.17) is 14.2 Å². The summed E-state index contributed by atoms with van der Waals surface area (Å²) in [6.07, 6.45) is -5.07. The highest BCUT2D eigenvalue weighted by Gasteiger charge is 2.49. The number of H-pyrrole nitrogens is 1. The Kier molecular flexibility index (Phi) is 7.22. The van der Waals surface area contributed by atoms with Gasteiger partial charge >= 0.3 is 17.6 Å². The molecule has 11 heteroatoms. The largest absolute Gasteiger partial charge is 0.459 e. The fourth-order valence-electron chi connectivity index (χ4n) is 3.42. The summed E-state index contributed by atoms with van der Waals surface area (Å²) in [6, 6.07) is 16.1. The molecule has 0 radical (unpaired) electrons. The number of nitrogens with zero attached hydrogens (tertiary/aromatic N) is 1. The summed E-state index contributed by atoms with van der Waals surface area (Å²) < 4.78 is 32.9. The Balaban J connectivity index is 1.59. The monoisotopic (exact) mass is 580 g/mol. The van der Waals surface area contributed by atoms with Gasteiger partial charge in [0.1, 0.15) is 12.7 Å². The minimum Gasteiger partial charge on any atom is -0.459 e. The van der Waals surface area contributed by atoms with E-state index >= 15 is 4.39 Å². The molecule has 1 aliphatic heterocycles. The van der Waals surface area contributed by atoms with Crippen molar-refractivity contribution in [2.75, 3.05) is 6.61 Å². The highest BCUT2D eigenvalue weighted by molar-refractivity contribution is 14.1. The van der Waals surface area contributed by atoms with Crippen molar-refractivity contribution < 1.29 is 28.2 Å². The van der Waals surface area contributed by atoms with Gasteiger partial charge < -0.3 is 14.2 Å². The molecule has 3 aromatic rings. The topological polar surface area (TPSA) is 117 Å². The van der Waals surface area contributed by atoms with Gasteiger partial charge in [-0.2, -0.15) is 0 Å². The normalized spacial score (nSPS) is 21.7. The van der Waals surface area contributed by atoms with E-state index in [9.17, 15) is 19.2 Å². The molecule has 1 saturated heterocycles.